The molecule has 4 rings (SSSR count). The van der Waals surface area contributed by atoms with E-state index in [1.807, 2.05) is 11.0 Å². The molecular formula is C22H23FN4O3S. The van der Waals surface area contributed by atoms with E-state index in [0.717, 1.165) is 0 Å². The lowest BCUT2D eigenvalue weighted by molar-refractivity contribution is -0.134. The average Bonchev–Trinajstić information content (AvgIpc) is 3.30. The number of sulfonamides is 1. The second kappa shape index (κ2) is 8.65. The van der Waals surface area contributed by atoms with Crippen molar-refractivity contribution >= 4 is 21.6 Å². The highest BCUT2D eigenvalue weighted by molar-refractivity contribution is 7.89. The van der Waals surface area contributed by atoms with E-state index >= 15 is 0 Å². The number of halogens is 1. The Morgan fingerprint density at radius 1 is 1.00 bits per heavy atom. The molecule has 0 radical (unpaired) electrons. The number of hydrogen-bond donors (Lipinski definition) is 0. The summed E-state index contributed by atoms with van der Waals surface area (Å²) in [6, 6.07) is 13.9. The maximum absolute atomic E-state index is 13.9. The van der Waals surface area contributed by atoms with Crippen LogP contribution < -0.4 is 4.90 Å². The summed E-state index contributed by atoms with van der Waals surface area (Å²) in [5.41, 5.74) is 0.516. The van der Waals surface area contributed by atoms with Crippen LogP contribution in [0, 0.1) is 17.1 Å². The maximum Gasteiger partial charge on any atom is 0.243 e. The average molecular weight is 443 g/mol. The summed E-state index contributed by atoms with van der Waals surface area (Å²) in [5, 5.41) is 9.27. The second-order valence-corrected chi connectivity index (χ2v) is 9.54. The van der Waals surface area contributed by atoms with Gasteiger partial charge in [0.15, 0.2) is 0 Å². The molecule has 1 amide bonds. The Labute approximate surface area is 181 Å². The molecule has 2 aliphatic heterocycles. The number of carbonyl (C=O) groups is 1. The standard InChI is InChI=1S/C22H23FN4O3S/c23-19-8-4-9-20(18(19)16-24)25-12-14-26(15-13-25)22(28)21-10-5-11-27(21)31(29,30)17-6-2-1-3-7-17/h1-4,6-9,21H,5,10-15H2. The van der Waals surface area contributed by atoms with Gasteiger partial charge in [0.05, 0.1) is 10.6 Å². The summed E-state index contributed by atoms with van der Waals surface area (Å²) in [6.45, 7) is 1.98. The zero-order valence-electron chi connectivity index (χ0n) is 16.9. The Hall–Kier alpha value is -2.96. The van der Waals surface area contributed by atoms with Gasteiger partial charge in [-0.2, -0.15) is 9.57 Å². The van der Waals surface area contributed by atoms with E-state index in [0.29, 0.717) is 51.3 Å². The van der Waals surface area contributed by atoms with E-state index in [-0.39, 0.29) is 16.4 Å². The molecule has 0 bridgehead atoms. The number of amides is 1. The van der Waals surface area contributed by atoms with Crippen molar-refractivity contribution in [3.63, 3.8) is 0 Å². The van der Waals surface area contributed by atoms with E-state index in [1.165, 1.54) is 10.4 Å². The first-order valence-corrected chi connectivity index (χ1v) is 11.7. The van der Waals surface area contributed by atoms with Gasteiger partial charge in [-0.05, 0) is 37.1 Å². The fraction of sp³-hybridized carbons (Fsp3) is 0.364. The molecule has 2 aliphatic rings. The highest BCUT2D eigenvalue weighted by Gasteiger charge is 2.41. The van der Waals surface area contributed by atoms with Crippen LogP contribution >= 0.6 is 0 Å². The van der Waals surface area contributed by atoms with Gasteiger partial charge < -0.3 is 9.80 Å². The molecule has 9 heteroatoms. The molecule has 2 saturated heterocycles. The van der Waals surface area contributed by atoms with Crippen molar-refractivity contribution in [3.8, 4) is 6.07 Å². The highest BCUT2D eigenvalue weighted by atomic mass is 32.2. The summed E-state index contributed by atoms with van der Waals surface area (Å²) in [5.74, 6) is -0.761. The van der Waals surface area contributed by atoms with Gasteiger partial charge in [-0.25, -0.2) is 12.8 Å². The van der Waals surface area contributed by atoms with E-state index in [1.54, 1.807) is 47.4 Å². The van der Waals surface area contributed by atoms with Gasteiger partial charge >= 0.3 is 0 Å². The van der Waals surface area contributed by atoms with E-state index in [2.05, 4.69) is 0 Å². The number of nitriles is 1. The van der Waals surface area contributed by atoms with Crippen molar-refractivity contribution < 1.29 is 17.6 Å². The van der Waals surface area contributed by atoms with Crippen molar-refractivity contribution in [1.82, 2.24) is 9.21 Å². The van der Waals surface area contributed by atoms with Crippen LogP contribution in [-0.2, 0) is 14.8 Å². The molecule has 0 N–H and O–H groups in total. The number of hydrogen-bond acceptors (Lipinski definition) is 5. The molecular weight excluding hydrogens is 419 g/mol. The van der Waals surface area contributed by atoms with E-state index < -0.39 is 21.9 Å². The lowest BCUT2D eigenvalue weighted by atomic mass is 10.1. The van der Waals surface area contributed by atoms with Crippen LogP contribution in [0.5, 0.6) is 0 Å². The minimum atomic E-state index is -3.74. The van der Waals surface area contributed by atoms with Crippen molar-refractivity contribution in [3.05, 3.63) is 59.9 Å². The third kappa shape index (κ3) is 4.01. The molecule has 2 aromatic rings. The second-order valence-electron chi connectivity index (χ2n) is 7.64. The minimum Gasteiger partial charge on any atom is -0.367 e. The monoisotopic (exact) mass is 442 g/mol. The van der Waals surface area contributed by atoms with Gasteiger partial charge in [-0.15, -0.1) is 0 Å². The van der Waals surface area contributed by atoms with Gasteiger partial charge in [-0.1, -0.05) is 24.3 Å². The number of rotatable bonds is 4. The van der Waals surface area contributed by atoms with Crippen LogP contribution in [0.3, 0.4) is 0 Å². The highest BCUT2D eigenvalue weighted by Crippen LogP contribution is 2.28. The fourth-order valence-electron chi connectivity index (χ4n) is 4.27. The van der Waals surface area contributed by atoms with Crippen LogP contribution in [0.4, 0.5) is 10.1 Å². The van der Waals surface area contributed by atoms with Crippen LogP contribution in [-0.4, -0.2) is 62.3 Å². The SMILES string of the molecule is N#Cc1c(F)cccc1N1CCN(C(=O)C2CCCN2S(=O)(=O)c2ccccc2)CC1. The molecule has 2 fully saturated rings. The van der Waals surface area contributed by atoms with Crippen LogP contribution in [0.1, 0.15) is 18.4 Å². The van der Waals surface area contributed by atoms with Crippen molar-refractivity contribution in [2.75, 3.05) is 37.6 Å². The summed E-state index contributed by atoms with van der Waals surface area (Å²) in [6.07, 6.45) is 1.13. The molecule has 0 spiro atoms. The van der Waals surface area contributed by atoms with Gasteiger partial charge in [0.2, 0.25) is 15.9 Å². The molecule has 1 atom stereocenters. The predicted octanol–water partition coefficient (Wildman–Crippen LogP) is 2.20. The summed E-state index contributed by atoms with van der Waals surface area (Å²) < 4.78 is 41.4. The Balaban J connectivity index is 1.47. The maximum atomic E-state index is 13.9. The zero-order valence-corrected chi connectivity index (χ0v) is 17.8. The van der Waals surface area contributed by atoms with Crippen molar-refractivity contribution in [2.24, 2.45) is 0 Å². The Morgan fingerprint density at radius 2 is 1.71 bits per heavy atom. The molecule has 0 aliphatic carbocycles. The number of anilines is 1. The first kappa shape index (κ1) is 21.3. The third-order valence-electron chi connectivity index (χ3n) is 5.87. The third-order valence-corrected chi connectivity index (χ3v) is 7.80. The van der Waals surface area contributed by atoms with E-state index in [4.69, 9.17) is 0 Å². The fourth-order valence-corrected chi connectivity index (χ4v) is 5.94. The van der Waals surface area contributed by atoms with Crippen LogP contribution in [0.25, 0.3) is 0 Å². The van der Waals surface area contributed by atoms with E-state index in [9.17, 15) is 22.9 Å². The first-order chi connectivity index (χ1) is 14.9. The number of nitrogens with zero attached hydrogens (tertiary/aromatic N) is 4. The normalized spacial score (nSPS) is 19.9. The lowest BCUT2D eigenvalue weighted by Crippen LogP contribution is -2.54. The smallest absolute Gasteiger partial charge is 0.243 e. The Bertz CT molecular complexity index is 1110. The summed E-state index contributed by atoms with van der Waals surface area (Å²) in [4.78, 5) is 16.9. The Kier molecular flexibility index (Phi) is 5.94. The van der Waals surface area contributed by atoms with Gasteiger partial charge in [-0.3, -0.25) is 4.79 Å². The quantitative estimate of drug-likeness (QED) is 0.725. The summed E-state index contributed by atoms with van der Waals surface area (Å²) in [7, 11) is -3.74. The van der Waals surface area contributed by atoms with Crippen molar-refractivity contribution in [1.29, 1.82) is 5.26 Å². The predicted molar refractivity (Wildman–Crippen MR) is 113 cm³/mol. The van der Waals surface area contributed by atoms with Gasteiger partial charge in [0, 0.05) is 32.7 Å². The number of piperazine rings is 1. The lowest BCUT2D eigenvalue weighted by Gasteiger charge is -2.38. The number of carbonyl (C=O) groups excluding carboxylic acids is 1. The molecule has 162 valence electrons. The first-order valence-electron chi connectivity index (χ1n) is 10.2. The van der Waals surface area contributed by atoms with Crippen molar-refractivity contribution in [2.45, 2.75) is 23.8 Å². The molecule has 7 nitrogen and oxygen atoms in total. The van der Waals surface area contributed by atoms with Gasteiger partial charge in [0.25, 0.3) is 0 Å². The van der Waals surface area contributed by atoms with Crippen LogP contribution in [0.15, 0.2) is 53.4 Å². The minimum absolute atomic E-state index is 0.00167. The molecule has 0 saturated carbocycles. The van der Waals surface area contributed by atoms with Crippen LogP contribution in [0.2, 0.25) is 0 Å². The molecule has 2 heterocycles. The summed E-state index contributed by atoms with van der Waals surface area (Å²) >= 11 is 0. The molecule has 1 unspecified atom stereocenters. The molecule has 31 heavy (non-hydrogen) atoms. The topological polar surface area (TPSA) is 84.7 Å². The molecule has 2 aromatic carbocycles. The number of benzene rings is 2. The largest absolute Gasteiger partial charge is 0.367 e. The molecule has 0 aromatic heterocycles. The Morgan fingerprint density at radius 3 is 2.39 bits per heavy atom. The van der Waals surface area contributed by atoms with Gasteiger partial charge in [0.1, 0.15) is 23.5 Å². The zero-order chi connectivity index (χ0) is 22.0.